The largest absolute Gasteiger partial charge is 0.497 e. The highest BCUT2D eigenvalue weighted by atomic mass is 32.2. The molecule has 4 nitrogen and oxygen atoms in total. The highest BCUT2D eigenvalue weighted by Gasteiger charge is 2.08. The Balaban J connectivity index is 1.81. The minimum absolute atomic E-state index is 0.821. The van der Waals surface area contributed by atoms with E-state index in [9.17, 15) is 0 Å². The van der Waals surface area contributed by atoms with Crippen LogP contribution >= 0.6 is 11.8 Å². The van der Waals surface area contributed by atoms with E-state index in [2.05, 4.69) is 42.2 Å². The second-order valence-corrected chi connectivity index (χ2v) is 6.41. The van der Waals surface area contributed by atoms with Crippen molar-refractivity contribution in [2.45, 2.75) is 24.8 Å². The number of rotatable bonds is 5. The van der Waals surface area contributed by atoms with E-state index in [-0.39, 0.29) is 0 Å². The SMILES string of the molecule is COc1cccc(-n2cnnc2SCc2cc(C)cc(C)c2)c1. The molecule has 1 heterocycles. The zero-order chi connectivity index (χ0) is 16.2. The standard InChI is InChI=1S/C18H19N3OS/c1-13-7-14(2)9-15(8-13)11-23-18-20-19-12-21(18)16-5-4-6-17(10-16)22-3/h4-10,12H,11H2,1-3H3. The van der Waals surface area contributed by atoms with Crippen molar-refractivity contribution < 1.29 is 4.74 Å². The Labute approximate surface area is 140 Å². The summed E-state index contributed by atoms with van der Waals surface area (Å²) < 4.78 is 7.27. The first-order valence-electron chi connectivity index (χ1n) is 7.40. The molecule has 0 bridgehead atoms. The second kappa shape index (κ2) is 6.87. The van der Waals surface area contributed by atoms with Crippen LogP contribution in [0.3, 0.4) is 0 Å². The fraction of sp³-hybridized carbons (Fsp3) is 0.222. The molecular formula is C18H19N3OS. The summed E-state index contributed by atoms with van der Waals surface area (Å²) in [6.45, 7) is 4.25. The van der Waals surface area contributed by atoms with Gasteiger partial charge in [0.1, 0.15) is 12.1 Å². The molecule has 0 aliphatic rings. The minimum Gasteiger partial charge on any atom is -0.497 e. The molecular weight excluding hydrogens is 306 g/mol. The second-order valence-electron chi connectivity index (χ2n) is 5.47. The molecule has 5 heteroatoms. The fourth-order valence-electron chi connectivity index (χ4n) is 2.56. The van der Waals surface area contributed by atoms with E-state index in [1.54, 1.807) is 25.2 Å². The number of methoxy groups -OCH3 is 1. The lowest BCUT2D eigenvalue weighted by atomic mass is 10.1. The molecule has 0 amide bonds. The number of hydrogen-bond acceptors (Lipinski definition) is 4. The number of thioether (sulfide) groups is 1. The highest BCUT2D eigenvalue weighted by molar-refractivity contribution is 7.98. The summed E-state index contributed by atoms with van der Waals surface area (Å²) in [5.74, 6) is 1.69. The van der Waals surface area contributed by atoms with Gasteiger partial charge in [0.2, 0.25) is 0 Å². The average Bonchev–Trinajstić information content (AvgIpc) is 3.00. The molecule has 0 fully saturated rings. The fourth-order valence-corrected chi connectivity index (χ4v) is 3.42. The third kappa shape index (κ3) is 3.74. The van der Waals surface area contributed by atoms with E-state index in [1.165, 1.54) is 16.7 Å². The third-order valence-electron chi connectivity index (χ3n) is 3.50. The predicted octanol–water partition coefficient (Wildman–Crippen LogP) is 4.19. The number of hydrogen-bond donors (Lipinski definition) is 0. The molecule has 0 saturated heterocycles. The van der Waals surface area contributed by atoms with E-state index in [0.717, 1.165) is 22.3 Å². The van der Waals surface area contributed by atoms with E-state index < -0.39 is 0 Å². The van der Waals surface area contributed by atoms with Crippen molar-refractivity contribution in [3.8, 4) is 11.4 Å². The van der Waals surface area contributed by atoms with Crippen LogP contribution in [0.1, 0.15) is 16.7 Å². The molecule has 2 aromatic carbocycles. The van der Waals surface area contributed by atoms with Gasteiger partial charge in [-0.2, -0.15) is 0 Å². The van der Waals surface area contributed by atoms with Gasteiger partial charge in [-0.05, 0) is 31.5 Å². The lowest BCUT2D eigenvalue weighted by molar-refractivity contribution is 0.414. The van der Waals surface area contributed by atoms with Crippen LogP contribution in [0.2, 0.25) is 0 Å². The molecule has 118 valence electrons. The normalized spacial score (nSPS) is 10.7. The lowest BCUT2D eigenvalue weighted by Crippen LogP contribution is -1.96. The Morgan fingerprint density at radius 2 is 1.87 bits per heavy atom. The number of benzene rings is 2. The first-order valence-corrected chi connectivity index (χ1v) is 8.38. The van der Waals surface area contributed by atoms with Crippen molar-refractivity contribution in [1.29, 1.82) is 0 Å². The van der Waals surface area contributed by atoms with Crippen molar-refractivity contribution in [3.05, 3.63) is 65.5 Å². The van der Waals surface area contributed by atoms with Crippen molar-refractivity contribution in [2.24, 2.45) is 0 Å². The van der Waals surface area contributed by atoms with Crippen LogP contribution in [-0.2, 0) is 5.75 Å². The monoisotopic (exact) mass is 325 g/mol. The first-order chi connectivity index (χ1) is 11.2. The van der Waals surface area contributed by atoms with Crippen molar-refractivity contribution in [3.63, 3.8) is 0 Å². The van der Waals surface area contributed by atoms with Crippen LogP contribution in [0.4, 0.5) is 0 Å². The first kappa shape index (κ1) is 15.6. The van der Waals surface area contributed by atoms with Crippen LogP contribution in [0.15, 0.2) is 53.9 Å². The molecule has 1 aromatic heterocycles. The van der Waals surface area contributed by atoms with Crippen LogP contribution in [0.25, 0.3) is 5.69 Å². The van der Waals surface area contributed by atoms with Crippen LogP contribution in [0, 0.1) is 13.8 Å². The summed E-state index contributed by atoms with van der Waals surface area (Å²) in [4.78, 5) is 0. The van der Waals surface area contributed by atoms with Gasteiger partial charge < -0.3 is 4.74 Å². The summed E-state index contributed by atoms with van der Waals surface area (Å²) in [5, 5.41) is 9.17. The number of aromatic nitrogens is 3. The van der Waals surface area contributed by atoms with Gasteiger partial charge in [-0.3, -0.25) is 4.57 Å². The Bertz CT molecular complexity index is 793. The third-order valence-corrected chi connectivity index (χ3v) is 4.51. The average molecular weight is 325 g/mol. The highest BCUT2D eigenvalue weighted by Crippen LogP contribution is 2.25. The topological polar surface area (TPSA) is 39.9 Å². The van der Waals surface area contributed by atoms with Gasteiger partial charge in [0.05, 0.1) is 12.8 Å². The van der Waals surface area contributed by atoms with Gasteiger partial charge in [-0.15, -0.1) is 10.2 Å². The number of ether oxygens (including phenoxy) is 1. The Hall–Kier alpha value is -2.27. The molecule has 0 aliphatic heterocycles. The molecule has 0 unspecified atom stereocenters. The molecule has 0 atom stereocenters. The summed E-state index contributed by atoms with van der Waals surface area (Å²) in [5.41, 5.74) is 4.87. The molecule has 0 aliphatic carbocycles. The Morgan fingerprint density at radius 1 is 1.09 bits per heavy atom. The van der Waals surface area contributed by atoms with E-state index in [1.807, 2.05) is 28.8 Å². The van der Waals surface area contributed by atoms with Crippen LogP contribution in [-0.4, -0.2) is 21.9 Å². The van der Waals surface area contributed by atoms with Gasteiger partial charge in [0, 0.05) is 11.8 Å². The molecule has 0 N–H and O–H groups in total. The van der Waals surface area contributed by atoms with Gasteiger partial charge in [-0.25, -0.2) is 0 Å². The summed E-state index contributed by atoms with van der Waals surface area (Å²) in [7, 11) is 1.67. The maximum absolute atomic E-state index is 5.29. The van der Waals surface area contributed by atoms with Crippen LogP contribution in [0.5, 0.6) is 5.75 Å². The summed E-state index contributed by atoms with van der Waals surface area (Å²) in [6.07, 6.45) is 1.73. The van der Waals surface area contributed by atoms with Gasteiger partial charge >= 0.3 is 0 Å². The maximum atomic E-state index is 5.29. The predicted molar refractivity (Wildman–Crippen MR) is 93.4 cm³/mol. The molecule has 23 heavy (non-hydrogen) atoms. The maximum Gasteiger partial charge on any atom is 0.195 e. The van der Waals surface area contributed by atoms with Crippen molar-refractivity contribution in [1.82, 2.24) is 14.8 Å². The smallest absolute Gasteiger partial charge is 0.195 e. The zero-order valence-corrected chi connectivity index (χ0v) is 14.3. The lowest BCUT2D eigenvalue weighted by Gasteiger charge is -2.08. The minimum atomic E-state index is 0.821. The van der Waals surface area contributed by atoms with Crippen LogP contribution < -0.4 is 4.74 Å². The van der Waals surface area contributed by atoms with E-state index in [0.29, 0.717) is 0 Å². The molecule has 3 aromatic rings. The Kier molecular flexibility index (Phi) is 4.67. The van der Waals surface area contributed by atoms with E-state index in [4.69, 9.17) is 4.74 Å². The van der Waals surface area contributed by atoms with Gasteiger partial charge in [0.15, 0.2) is 5.16 Å². The van der Waals surface area contributed by atoms with Gasteiger partial charge in [-0.1, -0.05) is 47.2 Å². The van der Waals surface area contributed by atoms with E-state index >= 15 is 0 Å². The molecule has 3 rings (SSSR count). The Morgan fingerprint density at radius 3 is 2.61 bits per heavy atom. The number of nitrogens with zero attached hydrogens (tertiary/aromatic N) is 3. The van der Waals surface area contributed by atoms with Crippen molar-refractivity contribution in [2.75, 3.05) is 7.11 Å². The molecule has 0 spiro atoms. The summed E-state index contributed by atoms with van der Waals surface area (Å²) in [6, 6.07) is 14.5. The molecule has 0 radical (unpaired) electrons. The number of aryl methyl sites for hydroxylation is 2. The zero-order valence-electron chi connectivity index (χ0n) is 13.5. The van der Waals surface area contributed by atoms with Crippen molar-refractivity contribution >= 4 is 11.8 Å². The summed E-state index contributed by atoms with van der Waals surface area (Å²) >= 11 is 1.68. The van der Waals surface area contributed by atoms with Gasteiger partial charge in [0.25, 0.3) is 0 Å². The quantitative estimate of drug-likeness (QED) is 0.660. The molecule has 0 saturated carbocycles.